The molecule has 0 fully saturated rings. The quantitative estimate of drug-likeness (QED) is 0.713. The number of benzene rings is 2. The Hall–Kier alpha value is -3.08. The maximum atomic E-state index is 12.8. The number of nitrogens with zero attached hydrogens (tertiary/aromatic N) is 1. The summed E-state index contributed by atoms with van der Waals surface area (Å²) in [6.07, 6.45) is 2.17. The van der Waals surface area contributed by atoms with E-state index in [1.54, 1.807) is 19.2 Å². The van der Waals surface area contributed by atoms with Crippen molar-refractivity contribution in [2.45, 2.75) is 20.3 Å². The Morgan fingerprint density at radius 2 is 1.89 bits per heavy atom. The summed E-state index contributed by atoms with van der Waals surface area (Å²) < 4.78 is 7.36. The molecule has 0 aliphatic carbocycles. The first kappa shape index (κ1) is 18.7. The van der Waals surface area contributed by atoms with Gasteiger partial charge in [-0.2, -0.15) is 0 Å². The Labute approximate surface area is 158 Å². The van der Waals surface area contributed by atoms with E-state index < -0.39 is 0 Å². The van der Waals surface area contributed by atoms with Gasteiger partial charge in [0.1, 0.15) is 11.5 Å². The summed E-state index contributed by atoms with van der Waals surface area (Å²) in [5.74, 6) is 0.500. The van der Waals surface area contributed by atoms with Gasteiger partial charge in [0, 0.05) is 36.5 Å². The first-order valence-electron chi connectivity index (χ1n) is 8.95. The van der Waals surface area contributed by atoms with Crippen molar-refractivity contribution in [1.82, 2.24) is 4.57 Å². The number of nitrogens with one attached hydrogen (secondary N) is 1. The van der Waals surface area contributed by atoms with Crippen LogP contribution in [0.25, 0.3) is 10.9 Å². The molecule has 3 aromatic rings. The van der Waals surface area contributed by atoms with Crippen molar-refractivity contribution in [2.24, 2.45) is 13.0 Å². The van der Waals surface area contributed by atoms with E-state index in [1.807, 2.05) is 62.0 Å². The standard InChI is InChI=1S/C22H24N2O3/c1-14(2)20(25)11-15-9-10-18(21(12-15)27-4)23-22(26)17-13-24(3)19-8-6-5-7-16(17)19/h5-10,12-14H,11H2,1-4H3,(H,23,26). The van der Waals surface area contributed by atoms with Crippen LogP contribution in [0.3, 0.4) is 0 Å². The molecule has 0 saturated heterocycles. The van der Waals surface area contributed by atoms with Crippen molar-refractivity contribution in [3.05, 3.63) is 59.8 Å². The number of anilines is 1. The Morgan fingerprint density at radius 3 is 2.59 bits per heavy atom. The maximum Gasteiger partial charge on any atom is 0.257 e. The summed E-state index contributed by atoms with van der Waals surface area (Å²) in [5.41, 5.74) is 3.05. The number of aryl methyl sites for hydroxylation is 1. The molecule has 1 heterocycles. The number of amides is 1. The Balaban J connectivity index is 1.86. The Bertz CT molecular complexity index is 1000. The third-order valence-electron chi connectivity index (χ3n) is 4.68. The van der Waals surface area contributed by atoms with E-state index in [0.29, 0.717) is 23.4 Å². The van der Waals surface area contributed by atoms with Gasteiger partial charge in [-0.25, -0.2) is 0 Å². The van der Waals surface area contributed by atoms with Gasteiger partial charge < -0.3 is 14.6 Å². The van der Waals surface area contributed by atoms with Crippen LogP contribution in [-0.2, 0) is 18.3 Å². The van der Waals surface area contributed by atoms with Gasteiger partial charge in [0.15, 0.2) is 0 Å². The molecule has 2 aromatic carbocycles. The minimum atomic E-state index is -0.198. The molecule has 1 amide bonds. The molecule has 0 bridgehead atoms. The molecule has 5 nitrogen and oxygen atoms in total. The van der Waals surface area contributed by atoms with E-state index in [4.69, 9.17) is 4.74 Å². The van der Waals surface area contributed by atoms with Crippen LogP contribution in [0.5, 0.6) is 5.75 Å². The first-order chi connectivity index (χ1) is 12.9. The zero-order chi connectivity index (χ0) is 19.6. The number of hydrogen-bond donors (Lipinski definition) is 1. The van der Waals surface area contributed by atoms with Crippen LogP contribution in [0.15, 0.2) is 48.7 Å². The van der Waals surface area contributed by atoms with Crippen LogP contribution in [0.1, 0.15) is 29.8 Å². The molecule has 0 saturated carbocycles. The smallest absolute Gasteiger partial charge is 0.257 e. The molecule has 0 spiro atoms. The van der Waals surface area contributed by atoms with Crippen LogP contribution < -0.4 is 10.1 Å². The summed E-state index contributed by atoms with van der Waals surface area (Å²) in [5, 5.41) is 3.82. The van der Waals surface area contributed by atoms with Gasteiger partial charge in [0.2, 0.25) is 0 Å². The van der Waals surface area contributed by atoms with Gasteiger partial charge in [-0.05, 0) is 23.8 Å². The molecule has 0 aliphatic heterocycles. The van der Waals surface area contributed by atoms with Crippen LogP contribution in [0.2, 0.25) is 0 Å². The fraction of sp³-hybridized carbons (Fsp3) is 0.273. The number of para-hydroxylation sites is 1. The molecule has 1 N–H and O–H groups in total. The lowest BCUT2D eigenvalue weighted by molar-refractivity contribution is -0.121. The molecule has 5 heteroatoms. The minimum absolute atomic E-state index is 0.0123. The number of ether oxygens (including phenoxy) is 1. The summed E-state index contributed by atoms with van der Waals surface area (Å²) in [7, 11) is 3.47. The second-order valence-corrected chi connectivity index (χ2v) is 6.96. The molecule has 0 aliphatic rings. The first-order valence-corrected chi connectivity index (χ1v) is 8.95. The summed E-state index contributed by atoms with van der Waals surface area (Å²) in [6.45, 7) is 3.77. The number of methoxy groups -OCH3 is 1. The second-order valence-electron chi connectivity index (χ2n) is 6.96. The van der Waals surface area contributed by atoms with Gasteiger partial charge in [-0.1, -0.05) is 38.1 Å². The lowest BCUT2D eigenvalue weighted by Crippen LogP contribution is -2.13. The SMILES string of the molecule is COc1cc(CC(=O)C(C)C)ccc1NC(=O)c1cn(C)c2ccccc12. The third kappa shape index (κ3) is 3.87. The van der Waals surface area contributed by atoms with Crippen LogP contribution >= 0.6 is 0 Å². The Kier molecular flexibility index (Phi) is 5.31. The molecule has 140 valence electrons. The van der Waals surface area contributed by atoms with Crippen molar-refractivity contribution in [2.75, 3.05) is 12.4 Å². The fourth-order valence-corrected chi connectivity index (χ4v) is 3.07. The van der Waals surface area contributed by atoms with E-state index in [1.165, 1.54) is 0 Å². The normalized spacial score (nSPS) is 11.0. The van der Waals surface area contributed by atoms with Crippen molar-refractivity contribution in [3.63, 3.8) is 0 Å². The van der Waals surface area contributed by atoms with Crippen LogP contribution in [0.4, 0.5) is 5.69 Å². The minimum Gasteiger partial charge on any atom is -0.495 e. The lowest BCUT2D eigenvalue weighted by atomic mass is 10.0. The van der Waals surface area contributed by atoms with Crippen molar-refractivity contribution in [1.29, 1.82) is 0 Å². The van der Waals surface area contributed by atoms with E-state index in [0.717, 1.165) is 16.5 Å². The average molecular weight is 364 g/mol. The number of aromatic nitrogens is 1. The summed E-state index contributed by atoms with van der Waals surface area (Å²) in [4.78, 5) is 24.8. The number of hydrogen-bond acceptors (Lipinski definition) is 3. The second kappa shape index (κ2) is 7.66. The molecule has 3 rings (SSSR count). The summed E-state index contributed by atoms with van der Waals surface area (Å²) in [6, 6.07) is 13.2. The molecular formula is C22H24N2O3. The molecule has 1 aromatic heterocycles. The largest absolute Gasteiger partial charge is 0.495 e. The number of fused-ring (bicyclic) bond motifs is 1. The molecule has 0 unspecified atom stereocenters. The topological polar surface area (TPSA) is 60.3 Å². The maximum absolute atomic E-state index is 12.8. The molecule has 0 atom stereocenters. The zero-order valence-corrected chi connectivity index (χ0v) is 16.1. The highest BCUT2D eigenvalue weighted by atomic mass is 16.5. The monoisotopic (exact) mass is 364 g/mol. The predicted molar refractivity (Wildman–Crippen MR) is 107 cm³/mol. The predicted octanol–water partition coefficient (Wildman–Crippen LogP) is 4.21. The van der Waals surface area contributed by atoms with Crippen molar-refractivity contribution in [3.8, 4) is 5.75 Å². The highest BCUT2D eigenvalue weighted by Crippen LogP contribution is 2.28. The van der Waals surface area contributed by atoms with Gasteiger partial charge in [0.25, 0.3) is 5.91 Å². The average Bonchev–Trinajstić information content (AvgIpc) is 3.00. The van der Waals surface area contributed by atoms with Gasteiger partial charge in [-0.3, -0.25) is 9.59 Å². The van der Waals surface area contributed by atoms with E-state index in [9.17, 15) is 9.59 Å². The van der Waals surface area contributed by atoms with Crippen LogP contribution in [-0.4, -0.2) is 23.4 Å². The number of Topliss-reactive ketones (excluding diaryl/α,β-unsaturated/α-hetero) is 1. The van der Waals surface area contributed by atoms with Crippen molar-refractivity contribution < 1.29 is 14.3 Å². The van der Waals surface area contributed by atoms with Gasteiger partial charge in [0.05, 0.1) is 18.4 Å². The highest BCUT2D eigenvalue weighted by molar-refractivity contribution is 6.13. The van der Waals surface area contributed by atoms with E-state index in [-0.39, 0.29) is 17.6 Å². The molecule has 27 heavy (non-hydrogen) atoms. The van der Waals surface area contributed by atoms with E-state index in [2.05, 4.69) is 5.32 Å². The van der Waals surface area contributed by atoms with Gasteiger partial charge in [-0.15, -0.1) is 0 Å². The Morgan fingerprint density at radius 1 is 1.15 bits per heavy atom. The number of ketones is 1. The van der Waals surface area contributed by atoms with Crippen molar-refractivity contribution >= 4 is 28.3 Å². The number of carbonyl (C=O) groups excluding carboxylic acids is 2. The molecule has 0 radical (unpaired) electrons. The van der Waals surface area contributed by atoms with Crippen LogP contribution in [0, 0.1) is 5.92 Å². The zero-order valence-electron chi connectivity index (χ0n) is 16.1. The molecular weight excluding hydrogens is 340 g/mol. The lowest BCUT2D eigenvalue weighted by Gasteiger charge is -2.12. The number of carbonyl (C=O) groups is 2. The fourth-order valence-electron chi connectivity index (χ4n) is 3.07. The van der Waals surface area contributed by atoms with E-state index >= 15 is 0 Å². The van der Waals surface area contributed by atoms with Gasteiger partial charge >= 0.3 is 0 Å². The number of rotatable bonds is 6. The highest BCUT2D eigenvalue weighted by Gasteiger charge is 2.16. The third-order valence-corrected chi connectivity index (χ3v) is 4.68. The summed E-state index contributed by atoms with van der Waals surface area (Å²) >= 11 is 0.